The van der Waals surface area contributed by atoms with Crippen LogP contribution in [0.4, 0.5) is 5.95 Å². The Morgan fingerprint density at radius 3 is 1.96 bits per heavy atom. The third-order valence-corrected chi connectivity index (χ3v) is 8.04. The van der Waals surface area contributed by atoms with E-state index < -0.39 is 0 Å². The molecule has 0 fully saturated rings. The van der Waals surface area contributed by atoms with Crippen LogP contribution in [-0.4, -0.2) is 19.5 Å². The molecule has 228 valence electrons. The normalized spacial score (nSPS) is 11.2. The Bertz CT molecular complexity index is 2170. The Morgan fingerprint density at radius 2 is 1.34 bits per heavy atom. The molecule has 6 aromatic rings. The highest BCUT2D eigenvalue weighted by Crippen LogP contribution is 2.38. The third-order valence-electron chi connectivity index (χ3n) is 8.04. The quantitative estimate of drug-likeness (QED) is 0.137. The van der Waals surface area contributed by atoms with Gasteiger partial charge >= 0.3 is 0 Å². The molecule has 0 aliphatic rings. The first kappa shape index (κ1) is 30.7. The number of hydrogen-bond donors (Lipinski definition) is 0. The third kappa shape index (κ3) is 5.90. The fourth-order valence-corrected chi connectivity index (χ4v) is 5.74. The summed E-state index contributed by atoms with van der Waals surface area (Å²) in [6.45, 7) is 23.1. The number of allylic oxidation sites excluding steroid dienone is 5. The molecule has 6 rings (SSSR count). The van der Waals surface area contributed by atoms with Gasteiger partial charge in [0.05, 0.1) is 16.9 Å². The number of aryl methyl sites for hydroxylation is 1. The molecular weight excluding hydrogens is 574 g/mol. The lowest BCUT2D eigenvalue weighted by molar-refractivity contribution is 0.973. The average molecular weight is 610 g/mol. The Kier molecular flexibility index (Phi) is 8.71. The Balaban J connectivity index is 1.61. The van der Waals surface area contributed by atoms with Crippen LogP contribution in [0.25, 0.3) is 50.4 Å². The molecule has 0 aliphatic carbocycles. The number of nitrogens with zero attached hydrogens (tertiary/aromatic N) is 5. The van der Waals surface area contributed by atoms with Crippen molar-refractivity contribution in [3.63, 3.8) is 0 Å². The van der Waals surface area contributed by atoms with Crippen LogP contribution < -0.4 is 4.90 Å². The van der Waals surface area contributed by atoms with E-state index >= 15 is 0 Å². The van der Waals surface area contributed by atoms with Crippen LogP contribution >= 0.6 is 0 Å². The zero-order valence-electron chi connectivity index (χ0n) is 26.5. The first-order chi connectivity index (χ1) is 22.9. The van der Waals surface area contributed by atoms with Gasteiger partial charge in [0.25, 0.3) is 0 Å². The molecule has 0 saturated heterocycles. The van der Waals surface area contributed by atoms with E-state index in [0.717, 1.165) is 44.5 Å². The Labute approximate surface area is 276 Å². The summed E-state index contributed by atoms with van der Waals surface area (Å²) in [7, 11) is 0. The van der Waals surface area contributed by atoms with Crippen LogP contribution in [0.2, 0.25) is 0 Å². The molecule has 0 spiro atoms. The highest BCUT2D eigenvalue weighted by molar-refractivity contribution is 5.96. The minimum absolute atomic E-state index is 0.356. The number of hydrogen-bond acceptors (Lipinski definition) is 4. The van der Waals surface area contributed by atoms with Crippen molar-refractivity contribution in [3.8, 4) is 28.2 Å². The number of rotatable bonds is 11. The molecule has 0 unspecified atom stereocenters. The van der Waals surface area contributed by atoms with Gasteiger partial charge in [-0.25, -0.2) is 4.98 Å². The molecule has 0 radical (unpaired) electrons. The number of benzene rings is 4. The average Bonchev–Trinajstić information content (AvgIpc) is 3.42. The van der Waals surface area contributed by atoms with Crippen molar-refractivity contribution in [2.75, 3.05) is 4.90 Å². The van der Waals surface area contributed by atoms with E-state index in [9.17, 15) is 0 Å². The molecule has 0 amide bonds. The van der Waals surface area contributed by atoms with Crippen molar-refractivity contribution >= 4 is 28.1 Å². The highest BCUT2D eigenvalue weighted by Gasteiger charge is 2.26. The number of aromatic nitrogens is 4. The summed E-state index contributed by atoms with van der Waals surface area (Å²) in [5.74, 6) is 1.31. The smallest absolute Gasteiger partial charge is 0.238 e. The van der Waals surface area contributed by atoms with Crippen LogP contribution in [0.5, 0.6) is 0 Å². The molecule has 0 saturated carbocycles. The zero-order valence-corrected chi connectivity index (χ0v) is 26.5. The molecule has 0 aliphatic heterocycles. The number of fused-ring (bicyclic) bond motifs is 1. The predicted octanol–water partition coefficient (Wildman–Crippen LogP) is 10.4. The second-order valence-electron chi connectivity index (χ2n) is 10.9. The minimum atomic E-state index is 0.356. The maximum Gasteiger partial charge on any atom is 0.238 e. The summed E-state index contributed by atoms with van der Waals surface area (Å²) in [5.41, 5.74) is 9.05. The molecule has 5 nitrogen and oxygen atoms in total. The van der Waals surface area contributed by atoms with Gasteiger partial charge in [0.1, 0.15) is 0 Å². The monoisotopic (exact) mass is 609 g/mol. The molecule has 47 heavy (non-hydrogen) atoms. The Hall–Kier alpha value is -6.33. The van der Waals surface area contributed by atoms with Crippen molar-refractivity contribution in [1.29, 1.82) is 0 Å². The van der Waals surface area contributed by atoms with Crippen molar-refractivity contribution in [2.24, 2.45) is 0 Å². The van der Waals surface area contributed by atoms with Gasteiger partial charge in [0.15, 0.2) is 11.6 Å². The number of anilines is 1. The SMILES string of the molecule is C=C/C=C(\C=C)c1nc(-c2ccccc2)nc(N(C(=C)C=C)C(=C)c2c(C)c3cc(-c4ccccc4)ccc3n2-c2ccccc2)n1. The van der Waals surface area contributed by atoms with Gasteiger partial charge in [0.2, 0.25) is 5.95 Å². The number of para-hydroxylation sites is 1. The molecule has 5 heteroatoms. The van der Waals surface area contributed by atoms with E-state index in [1.807, 2.05) is 65.6 Å². The van der Waals surface area contributed by atoms with Crippen molar-refractivity contribution in [2.45, 2.75) is 6.92 Å². The van der Waals surface area contributed by atoms with Gasteiger partial charge in [-0.05, 0) is 54.0 Å². The largest absolute Gasteiger partial charge is 0.308 e. The van der Waals surface area contributed by atoms with Crippen molar-refractivity contribution in [3.05, 3.63) is 189 Å². The summed E-state index contributed by atoms with van der Waals surface area (Å²) < 4.78 is 2.23. The van der Waals surface area contributed by atoms with E-state index in [1.165, 1.54) is 0 Å². The molecule has 0 N–H and O–H groups in total. The lowest BCUT2D eigenvalue weighted by Gasteiger charge is -2.27. The maximum atomic E-state index is 4.97. The summed E-state index contributed by atoms with van der Waals surface area (Å²) >= 11 is 0. The van der Waals surface area contributed by atoms with Crippen LogP contribution in [0.15, 0.2) is 172 Å². The summed E-state index contributed by atoms with van der Waals surface area (Å²) in [6, 6.07) is 37.1. The van der Waals surface area contributed by atoms with Crippen molar-refractivity contribution in [1.82, 2.24) is 19.5 Å². The van der Waals surface area contributed by atoms with Crippen LogP contribution in [0.1, 0.15) is 17.1 Å². The van der Waals surface area contributed by atoms with Gasteiger partial charge in [0, 0.05) is 27.9 Å². The lowest BCUT2D eigenvalue weighted by atomic mass is 10.0. The molecule has 4 aromatic carbocycles. The molecule has 0 atom stereocenters. The van der Waals surface area contributed by atoms with Gasteiger partial charge in [-0.15, -0.1) is 0 Å². The van der Waals surface area contributed by atoms with E-state index in [0.29, 0.717) is 34.6 Å². The van der Waals surface area contributed by atoms with E-state index in [1.54, 1.807) is 18.2 Å². The second kappa shape index (κ2) is 13.3. The second-order valence-corrected chi connectivity index (χ2v) is 10.9. The van der Waals surface area contributed by atoms with Gasteiger partial charge in [-0.1, -0.05) is 136 Å². The first-order valence-corrected chi connectivity index (χ1v) is 15.3. The first-order valence-electron chi connectivity index (χ1n) is 15.3. The summed E-state index contributed by atoms with van der Waals surface area (Å²) in [4.78, 5) is 16.6. The van der Waals surface area contributed by atoms with E-state index in [-0.39, 0.29) is 0 Å². The van der Waals surface area contributed by atoms with Gasteiger partial charge in [-0.3, -0.25) is 4.90 Å². The van der Waals surface area contributed by atoms with Gasteiger partial charge in [-0.2, -0.15) is 9.97 Å². The van der Waals surface area contributed by atoms with E-state index in [2.05, 4.69) is 99.0 Å². The summed E-state index contributed by atoms with van der Waals surface area (Å²) in [6.07, 6.45) is 6.90. The summed E-state index contributed by atoms with van der Waals surface area (Å²) in [5, 5.41) is 1.11. The predicted molar refractivity (Wildman–Crippen MR) is 198 cm³/mol. The molecule has 0 bridgehead atoms. The molecule has 2 heterocycles. The molecular formula is C42H35N5. The van der Waals surface area contributed by atoms with Crippen LogP contribution in [0.3, 0.4) is 0 Å². The maximum absolute atomic E-state index is 4.97. The van der Waals surface area contributed by atoms with Crippen LogP contribution in [0, 0.1) is 6.92 Å². The lowest BCUT2D eigenvalue weighted by Crippen LogP contribution is -2.24. The highest BCUT2D eigenvalue weighted by atomic mass is 15.3. The zero-order chi connectivity index (χ0) is 32.9. The topological polar surface area (TPSA) is 46.8 Å². The van der Waals surface area contributed by atoms with Crippen molar-refractivity contribution < 1.29 is 0 Å². The fourth-order valence-electron chi connectivity index (χ4n) is 5.74. The van der Waals surface area contributed by atoms with Gasteiger partial charge < -0.3 is 4.57 Å². The minimum Gasteiger partial charge on any atom is -0.308 e. The van der Waals surface area contributed by atoms with Crippen LogP contribution in [-0.2, 0) is 0 Å². The Morgan fingerprint density at radius 1 is 0.702 bits per heavy atom. The fraction of sp³-hybridized carbons (Fsp3) is 0.0238. The van der Waals surface area contributed by atoms with E-state index in [4.69, 9.17) is 15.0 Å². The molecule has 2 aromatic heterocycles. The standard InChI is InChI=1S/C42H35N5/c1-7-19-32(9-3)40-43-41(34-22-15-11-16-23-34)45-42(44-40)46(29(4)8-2)31(6)39-30(5)37-28-35(33-20-13-10-14-21-33)26-27-38(37)47(39)36-24-17-12-18-25-36/h7-28H,1-4,6H2,5H3/b32-19+.